The number of amides is 1. The highest BCUT2D eigenvalue weighted by Crippen LogP contribution is 2.28. The minimum atomic E-state index is -0.0817. The van der Waals surface area contributed by atoms with Gasteiger partial charge >= 0.3 is 0 Å². The molecule has 1 amide bonds. The molecule has 0 saturated carbocycles. The normalized spacial score (nSPS) is 18.4. The van der Waals surface area contributed by atoms with Crippen LogP contribution < -0.4 is 15.4 Å². The standard InChI is InChI=1S/C15H22N2O3/c1-11(18)17-13-5-6-15(19-2)14(8-13)16-9-12-4-3-7-20-10-12/h5-6,8,12,16H,3-4,7,9-10H2,1-2H3,(H,17,18). The maximum absolute atomic E-state index is 11.1. The van der Waals surface area contributed by atoms with Crippen LogP contribution in [0.1, 0.15) is 19.8 Å². The lowest BCUT2D eigenvalue weighted by atomic mass is 10.0. The van der Waals surface area contributed by atoms with Crippen molar-refractivity contribution in [3.8, 4) is 5.75 Å². The van der Waals surface area contributed by atoms with Gasteiger partial charge in [0.15, 0.2) is 0 Å². The summed E-state index contributed by atoms with van der Waals surface area (Å²) < 4.78 is 10.8. The van der Waals surface area contributed by atoms with E-state index in [2.05, 4.69) is 10.6 Å². The highest BCUT2D eigenvalue weighted by Gasteiger charge is 2.14. The van der Waals surface area contributed by atoms with Crippen LogP contribution in [0.2, 0.25) is 0 Å². The van der Waals surface area contributed by atoms with Crippen molar-refractivity contribution in [2.75, 3.05) is 37.5 Å². The van der Waals surface area contributed by atoms with Gasteiger partial charge < -0.3 is 20.1 Å². The molecule has 1 heterocycles. The van der Waals surface area contributed by atoms with E-state index in [-0.39, 0.29) is 5.91 Å². The average molecular weight is 278 g/mol. The quantitative estimate of drug-likeness (QED) is 0.868. The molecule has 2 rings (SSSR count). The maximum atomic E-state index is 11.1. The second-order valence-electron chi connectivity index (χ2n) is 5.06. The summed E-state index contributed by atoms with van der Waals surface area (Å²) in [6.45, 7) is 4.02. The number of anilines is 2. The second-order valence-corrected chi connectivity index (χ2v) is 5.06. The van der Waals surface area contributed by atoms with Crippen LogP contribution in [0.25, 0.3) is 0 Å². The number of hydrogen-bond acceptors (Lipinski definition) is 4. The summed E-state index contributed by atoms with van der Waals surface area (Å²) in [5.41, 5.74) is 1.66. The van der Waals surface area contributed by atoms with E-state index in [0.29, 0.717) is 5.92 Å². The molecule has 0 aromatic heterocycles. The molecule has 1 aromatic rings. The molecule has 1 aliphatic heterocycles. The summed E-state index contributed by atoms with van der Waals surface area (Å²) >= 11 is 0. The number of ether oxygens (including phenoxy) is 2. The minimum absolute atomic E-state index is 0.0817. The third kappa shape index (κ3) is 4.13. The lowest BCUT2D eigenvalue weighted by Gasteiger charge is -2.23. The number of methoxy groups -OCH3 is 1. The number of rotatable bonds is 5. The van der Waals surface area contributed by atoms with Crippen molar-refractivity contribution in [3.05, 3.63) is 18.2 Å². The van der Waals surface area contributed by atoms with Gasteiger partial charge in [0.25, 0.3) is 0 Å². The molecule has 110 valence electrons. The third-order valence-corrected chi connectivity index (χ3v) is 3.36. The van der Waals surface area contributed by atoms with E-state index < -0.39 is 0 Å². The van der Waals surface area contributed by atoms with Gasteiger partial charge in [0.05, 0.1) is 19.4 Å². The van der Waals surface area contributed by atoms with Crippen LogP contribution >= 0.6 is 0 Å². The Labute approximate surface area is 119 Å². The van der Waals surface area contributed by atoms with Crippen LogP contribution in [0.3, 0.4) is 0 Å². The van der Waals surface area contributed by atoms with Crippen molar-refractivity contribution in [2.24, 2.45) is 5.92 Å². The lowest BCUT2D eigenvalue weighted by molar-refractivity contribution is -0.114. The molecule has 1 saturated heterocycles. The van der Waals surface area contributed by atoms with E-state index in [4.69, 9.17) is 9.47 Å². The molecule has 1 fully saturated rings. The molecule has 20 heavy (non-hydrogen) atoms. The summed E-state index contributed by atoms with van der Waals surface area (Å²) in [4.78, 5) is 11.1. The second kappa shape index (κ2) is 7.14. The Kier molecular flexibility index (Phi) is 5.24. The van der Waals surface area contributed by atoms with Crippen LogP contribution in [0.15, 0.2) is 18.2 Å². The van der Waals surface area contributed by atoms with E-state index in [1.54, 1.807) is 7.11 Å². The molecule has 2 N–H and O–H groups in total. The van der Waals surface area contributed by atoms with Crippen LogP contribution in [0.4, 0.5) is 11.4 Å². The molecule has 1 atom stereocenters. The van der Waals surface area contributed by atoms with Crippen LogP contribution in [-0.4, -0.2) is 32.8 Å². The first-order chi connectivity index (χ1) is 9.69. The fourth-order valence-electron chi connectivity index (χ4n) is 2.35. The first kappa shape index (κ1) is 14.7. The SMILES string of the molecule is COc1ccc(NC(C)=O)cc1NCC1CCCOC1. The van der Waals surface area contributed by atoms with Gasteiger partial charge in [-0.15, -0.1) is 0 Å². The van der Waals surface area contributed by atoms with E-state index in [9.17, 15) is 4.79 Å². The summed E-state index contributed by atoms with van der Waals surface area (Å²) in [6, 6.07) is 5.57. The molecule has 0 aliphatic carbocycles. The summed E-state index contributed by atoms with van der Waals surface area (Å²) in [6.07, 6.45) is 2.30. The molecule has 5 nitrogen and oxygen atoms in total. The van der Waals surface area contributed by atoms with E-state index in [0.717, 1.165) is 43.3 Å². The van der Waals surface area contributed by atoms with Gasteiger partial charge in [-0.25, -0.2) is 0 Å². The van der Waals surface area contributed by atoms with Crippen molar-refractivity contribution in [1.82, 2.24) is 0 Å². The van der Waals surface area contributed by atoms with Gasteiger partial charge in [0.2, 0.25) is 5.91 Å². The first-order valence-electron chi connectivity index (χ1n) is 6.96. The first-order valence-corrected chi connectivity index (χ1v) is 6.96. The molecule has 0 radical (unpaired) electrons. The van der Waals surface area contributed by atoms with E-state index >= 15 is 0 Å². The van der Waals surface area contributed by atoms with Crippen molar-refractivity contribution in [3.63, 3.8) is 0 Å². The van der Waals surface area contributed by atoms with Crippen molar-refractivity contribution >= 4 is 17.3 Å². The molecule has 5 heteroatoms. The molecule has 0 bridgehead atoms. The Bertz CT molecular complexity index is 456. The predicted octanol–water partition coefficient (Wildman–Crippen LogP) is 2.49. The van der Waals surface area contributed by atoms with Gasteiger partial charge in [0.1, 0.15) is 5.75 Å². The smallest absolute Gasteiger partial charge is 0.221 e. The Morgan fingerprint density at radius 3 is 3.00 bits per heavy atom. The lowest BCUT2D eigenvalue weighted by Crippen LogP contribution is -2.24. The van der Waals surface area contributed by atoms with Gasteiger partial charge in [-0.2, -0.15) is 0 Å². The molecule has 1 aromatic carbocycles. The van der Waals surface area contributed by atoms with Crippen molar-refractivity contribution < 1.29 is 14.3 Å². The van der Waals surface area contributed by atoms with Crippen molar-refractivity contribution in [1.29, 1.82) is 0 Å². The van der Waals surface area contributed by atoms with E-state index in [1.165, 1.54) is 13.3 Å². The van der Waals surface area contributed by atoms with Gasteiger partial charge in [-0.05, 0) is 37.0 Å². The molecule has 1 aliphatic rings. The third-order valence-electron chi connectivity index (χ3n) is 3.36. The Balaban J connectivity index is 2.01. The molecule has 0 spiro atoms. The zero-order valence-corrected chi connectivity index (χ0v) is 12.1. The predicted molar refractivity (Wildman–Crippen MR) is 79.3 cm³/mol. The Hall–Kier alpha value is -1.75. The number of carbonyl (C=O) groups excluding carboxylic acids is 1. The highest BCUT2D eigenvalue weighted by atomic mass is 16.5. The zero-order chi connectivity index (χ0) is 14.4. The maximum Gasteiger partial charge on any atom is 0.221 e. The number of benzene rings is 1. The summed E-state index contributed by atoms with van der Waals surface area (Å²) in [5, 5.41) is 6.17. The van der Waals surface area contributed by atoms with Crippen LogP contribution in [0.5, 0.6) is 5.75 Å². The van der Waals surface area contributed by atoms with Crippen LogP contribution in [0, 0.1) is 5.92 Å². The highest BCUT2D eigenvalue weighted by molar-refractivity contribution is 5.89. The van der Waals surface area contributed by atoms with E-state index in [1.807, 2.05) is 18.2 Å². The fourth-order valence-corrected chi connectivity index (χ4v) is 2.35. The largest absolute Gasteiger partial charge is 0.495 e. The number of hydrogen-bond donors (Lipinski definition) is 2. The Morgan fingerprint density at radius 1 is 1.50 bits per heavy atom. The van der Waals surface area contributed by atoms with Crippen molar-refractivity contribution in [2.45, 2.75) is 19.8 Å². The number of nitrogens with one attached hydrogen (secondary N) is 2. The van der Waals surface area contributed by atoms with Gasteiger partial charge in [0, 0.05) is 25.8 Å². The fraction of sp³-hybridized carbons (Fsp3) is 0.533. The molecular formula is C15H22N2O3. The molecule has 1 unspecified atom stereocenters. The Morgan fingerprint density at radius 2 is 2.35 bits per heavy atom. The van der Waals surface area contributed by atoms with Gasteiger partial charge in [-0.1, -0.05) is 0 Å². The minimum Gasteiger partial charge on any atom is -0.495 e. The summed E-state index contributed by atoms with van der Waals surface area (Å²) in [7, 11) is 1.64. The summed E-state index contributed by atoms with van der Waals surface area (Å²) in [5.74, 6) is 1.22. The number of carbonyl (C=O) groups is 1. The van der Waals surface area contributed by atoms with Crippen LogP contribution in [-0.2, 0) is 9.53 Å². The molecular weight excluding hydrogens is 256 g/mol. The monoisotopic (exact) mass is 278 g/mol. The van der Waals surface area contributed by atoms with Gasteiger partial charge in [-0.3, -0.25) is 4.79 Å². The average Bonchev–Trinajstić information content (AvgIpc) is 2.46. The topological polar surface area (TPSA) is 59.6 Å². The zero-order valence-electron chi connectivity index (χ0n) is 12.1.